The van der Waals surface area contributed by atoms with Crippen LogP contribution in [0.5, 0.6) is 0 Å². The van der Waals surface area contributed by atoms with Crippen molar-refractivity contribution in [2.75, 3.05) is 6.54 Å². The van der Waals surface area contributed by atoms with Crippen molar-refractivity contribution in [3.05, 3.63) is 34.9 Å². The van der Waals surface area contributed by atoms with Gasteiger partial charge in [0.25, 0.3) is 5.91 Å². The second kappa shape index (κ2) is 6.06. The van der Waals surface area contributed by atoms with E-state index in [1.807, 2.05) is 0 Å². The summed E-state index contributed by atoms with van der Waals surface area (Å²) in [5.74, 6) is -0.486. The Kier molecular flexibility index (Phi) is 4.43. The average molecular weight is 281 g/mol. The van der Waals surface area contributed by atoms with Gasteiger partial charge in [-0.3, -0.25) is 9.59 Å². The lowest BCUT2D eigenvalue weighted by atomic mass is 9.98. The van der Waals surface area contributed by atoms with Gasteiger partial charge in [-0.05, 0) is 31.4 Å². The van der Waals surface area contributed by atoms with Gasteiger partial charge in [-0.2, -0.15) is 0 Å². The molecule has 1 aliphatic rings. The van der Waals surface area contributed by atoms with Crippen LogP contribution >= 0.6 is 11.6 Å². The molecule has 102 valence electrons. The van der Waals surface area contributed by atoms with Crippen LogP contribution < -0.4 is 5.73 Å². The number of nitrogens with zero attached hydrogens (tertiary/aromatic N) is 1. The molecule has 0 unspecified atom stereocenters. The van der Waals surface area contributed by atoms with Crippen LogP contribution in [0.1, 0.15) is 36.0 Å². The van der Waals surface area contributed by atoms with Crippen LogP contribution in [0.3, 0.4) is 0 Å². The monoisotopic (exact) mass is 280 g/mol. The zero-order valence-electron chi connectivity index (χ0n) is 10.6. The predicted molar refractivity (Wildman–Crippen MR) is 73.9 cm³/mol. The average Bonchev–Trinajstić information content (AvgIpc) is 2.38. The Morgan fingerprint density at radius 3 is 2.74 bits per heavy atom. The summed E-state index contributed by atoms with van der Waals surface area (Å²) in [5.41, 5.74) is 5.74. The van der Waals surface area contributed by atoms with Crippen molar-refractivity contribution in [1.82, 2.24) is 4.90 Å². The van der Waals surface area contributed by atoms with Crippen molar-refractivity contribution in [2.24, 2.45) is 5.73 Å². The topological polar surface area (TPSA) is 63.4 Å². The number of halogens is 1. The van der Waals surface area contributed by atoms with Gasteiger partial charge in [0.2, 0.25) is 5.91 Å². The maximum Gasteiger partial charge on any atom is 0.255 e. The number of hydrogen-bond donors (Lipinski definition) is 1. The highest BCUT2D eigenvalue weighted by molar-refractivity contribution is 6.33. The van der Waals surface area contributed by atoms with Gasteiger partial charge in [0.1, 0.15) is 0 Å². The summed E-state index contributed by atoms with van der Waals surface area (Å²) >= 11 is 6.05. The molecule has 0 radical (unpaired) electrons. The first-order valence-corrected chi connectivity index (χ1v) is 6.81. The van der Waals surface area contributed by atoms with Crippen LogP contribution in [0.4, 0.5) is 0 Å². The Morgan fingerprint density at radius 1 is 1.32 bits per heavy atom. The van der Waals surface area contributed by atoms with Crippen LogP contribution in [0.2, 0.25) is 5.02 Å². The molecule has 1 heterocycles. The molecule has 1 saturated heterocycles. The number of nitrogens with two attached hydrogens (primary N) is 1. The second-order valence-electron chi connectivity index (χ2n) is 4.80. The van der Waals surface area contributed by atoms with Gasteiger partial charge in [-0.25, -0.2) is 0 Å². The highest BCUT2D eigenvalue weighted by Gasteiger charge is 2.29. The molecule has 2 rings (SSSR count). The van der Waals surface area contributed by atoms with E-state index in [1.54, 1.807) is 29.2 Å². The minimum Gasteiger partial charge on any atom is -0.370 e. The molecule has 19 heavy (non-hydrogen) atoms. The normalized spacial score (nSPS) is 19.2. The summed E-state index contributed by atoms with van der Waals surface area (Å²) in [7, 11) is 0. The standard InChI is InChI=1S/C14H17ClN2O2/c15-12-7-2-1-6-11(12)14(19)17-8-4-3-5-10(17)9-13(16)18/h1-2,6-7,10H,3-5,8-9H2,(H2,16,18)/t10-/m0/s1. The third-order valence-corrected chi connectivity index (χ3v) is 3.76. The van der Waals surface area contributed by atoms with Crippen molar-refractivity contribution in [3.63, 3.8) is 0 Å². The molecule has 1 fully saturated rings. The van der Waals surface area contributed by atoms with Crippen molar-refractivity contribution in [2.45, 2.75) is 31.7 Å². The number of rotatable bonds is 3. The fourth-order valence-electron chi connectivity index (χ4n) is 2.50. The number of amides is 2. The summed E-state index contributed by atoms with van der Waals surface area (Å²) < 4.78 is 0. The Morgan fingerprint density at radius 2 is 2.05 bits per heavy atom. The first-order valence-electron chi connectivity index (χ1n) is 6.43. The van der Waals surface area contributed by atoms with Crippen molar-refractivity contribution in [1.29, 1.82) is 0 Å². The Labute approximate surface area is 117 Å². The predicted octanol–water partition coefficient (Wildman–Crippen LogP) is 2.21. The molecule has 5 heteroatoms. The van der Waals surface area contributed by atoms with Gasteiger partial charge in [0.05, 0.1) is 10.6 Å². The highest BCUT2D eigenvalue weighted by Crippen LogP contribution is 2.24. The summed E-state index contributed by atoms with van der Waals surface area (Å²) in [6, 6.07) is 6.88. The molecule has 0 saturated carbocycles. The lowest BCUT2D eigenvalue weighted by Crippen LogP contribution is -2.45. The molecule has 0 aromatic heterocycles. The molecule has 2 amide bonds. The summed E-state index contributed by atoms with van der Waals surface area (Å²) in [6.45, 7) is 0.655. The van der Waals surface area contributed by atoms with E-state index in [9.17, 15) is 9.59 Å². The first kappa shape index (κ1) is 13.9. The molecule has 1 aromatic carbocycles. The van der Waals surface area contributed by atoms with Crippen molar-refractivity contribution >= 4 is 23.4 Å². The van der Waals surface area contributed by atoms with E-state index < -0.39 is 0 Å². The van der Waals surface area contributed by atoms with Gasteiger partial charge < -0.3 is 10.6 Å². The number of benzene rings is 1. The van der Waals surface area contributed by atoms with Gasteiger partial charge in [-0.1, -0.05) is 23.7 Å². The molecule has 1 aliphatic heterocycles. The maximum atomic E-state index is 12.5. The van der Waals surface area contributed by atoms with Crippen LogP contribution in [0, 0.1) is 0 Å². The minimum absolute atomic E-state index is 0.102. The van der Waals surface area contributed by atoms with E-state index >= 15 is 0 Å². The molecule has 1 aromatic rings. The Balaban J connectivity index is 2.20. The molecule has 0 aliphatic carbocycles. The lowest BCUT2D eigenvalue weighted by molar-refractivity contribution is -0.119. The SMILES string of the molecule is NC(=O)C[C@@H]1CCCCN1C(=O)c1ccccc1Cl. The van der Waals surface area contributed by atoms with Crippen molar-refractivity contribution in [3.8, 4) is 0 Å². The van der Waals surface area contributed by atoms with Gasteiger partial charge in [-0.15, -0.1) is 0 Å². The van der Waals surface area contributed by atoms with E-state index in [4.69, 9.17) is 17.3 Å². The summed E-state index contributed by atoms with van der Waals surface area (Å²) in [5, 5.41) is 0.441. The van der Waals surface area contributed by atoms with E-state index in [2.05, 4.69) is 0 Å². The third kappa shape index (κ3) is 3.26. The van der Waals surface area contributed by atoms with Gasteiger partial charge >= 0.3 is 0 Å². The molecular weight excluding hydrogens is 264 g/mol. The zero-order valence-corrected chi connectivity index (χ0v) is 11.4. The minimum atomic E-state index is -0.371. The number of piperidine rings is 1. The van der Waals surface area contributed by atoms with Crippen LogP contribution in [0.15, 0.2) is 24.3 Å². The first-order chi connectivity index (χ1) is 9.09. The molecule has 1 atom stereocenters. The molecule has 0 spiro atoms. The number of primary amides is 1. The quantitative estimate of drug-likeness (QED) is 0.923. The Hall–Kier alpha value is -1.55. The van der Waals surface area contributed by atoms with Crippen LogP contribution in [-0.4, -0.2) is 29.3 Å². The summed E-state index contributed by atoms with van der Waals surface area (Å²) in [6.07, 6.45) is 3.00. The zero-order chi connectivity index (χ0) is 13.8. The number of likely N-dealkylation sites (tertiary alicyclic amines) is 1. The lowest BCUT2D eigenvalue weighted by Gasteiger charge is -2.35. The number of hydrogen-bond acceptors (Lipinski definition) is 2. The Bertz CT molecular complexity index is 490. The fraction of sp³-hybridized carbons (Fsp3) is 0.429. The van der Waals surface area contributed by atoms with E-state index in [1.165, 1.54) is 0 Å². The van der Waals surface area contributed by atoms with E-state index in [-0.39, 0.29) is 24.3 Å². The second-order valence-corrected chi connectivity index (χ2v) is 5.21. The number of carbonyl (C=O) groups is 2. The maximum absolute atomic E-state index is 12.5. The molecule has 4 nitrogen and oxygen atoms in total. The van der Waals surface area contributed by atoms with E-state index in [0.717, 1.165) is 19.3 Å². The third-order valence-electron chi connectivity index (χ3n) is 3.43. The molecular formula is C14H17ClN2O2. The van der Waals surface area contributed by atoms with Crippen LogP contribution in [-0.2, 0) is 4.79 Å². The van der Waals surface area contributed by atoms with E-state index in [0.29, 0.717) is 17.1 Å². The van der Waals surface area contributed by atoms with Crippen LogP contribution in [0.25, 0.3) is 0 Å². The molecule has 2 N–H and O–H groups in total. The fourth-order valence-corrected chi connectivity index (χ4v) is 2.72. The smallest absolute Gasteiger partial charge is 0.255 e. The largest absolute Gasteiger partial charge is 0.370 e. The van der Waals surface area contributed by atoms with Crippen molar-refractivity contribution < 1.29 is 9.59 Å². The number of carbonyl (C=O) groups excluding carboxylic acids is 2. The highest BCUT2D eigenvalue weighted by atomic mass is 35.5. The summed E-state index contributed by atoms with van der Waals surface area (Å²) in [4.78, 5) is 25.3. The molecule has 0 bridgehead atoms. The van der Waals surface area contributed by atoms with Gasteiger partial charge in [0, 0.05) is 19.0 Å². The van der Waals surface area contributed by atoms with Gasteiger partial charge in [0.15, 0.2) is 0 Å².